The minimum atomic E-state index is -4.32. The van der Waals surface area contributed by atoms with Crippen molar-refractivity contribution in [2.45, 2.75) is 71.6 Å². The second-order valence-electron chi connectivity index (χ2n) is 9.30. The Morgan fingerprint density at radius 3 is 2.35 bits per heavy atom. The van der Waals surface area contributed by atoms with E-state index in [1.165, 1.54) is 38.2 Å². The first-order valence-corrected chi connectivity index (χ1v) is 12.5. The highest BCUT2D eigenvalue weighted by molar-refractivity contribution is 5.75. The van der Waals surface area contributed by atoms with Gasteiger partial charge in [0.1, 0.15) is 6.10 Å². The molecule has 0 radical (unpaired) electrons. The van der Waals surface area contributed by atoms with Gasteiger partial charge in [-0.15, -0.1) is 0 Å². The number of benzene rings is 1. The zero-order valence-electron chi connectivity index (χ0n) is 20.3. The molecule has 0 spiro atoms. The number of nitrogens with one attached hydrogen (secondary N) is 1. The van der Waals surface area contributed by atoms with E-state index in [1.807, 2.05) is 13.8 Å². The number of rotatable bonds is 2. The zero-order valence-corrected chi connectivity index (χ0v) is 20.3. The fourth-order valence-electron chi connectivity index (χ4n) is 5.63. The SMILES string of the molecule is C=Cc1ccc(-c2cccc(C(F)(F)F)c2)[nH]1.CC.CC1OC(=O)C2CC3CCCCC3CC12. The zero-order chi connectivity index (χ0) is 24.9. The molecule has 3 fully saturated rings. The second kappa shape index (κ2) is 11.3. The molecule has 2 aliphatic carbocycles. The highest BCUT2D eigenvalue weighted by Crippen LogP contribution is 2.49. The van der Waals surface area contributed by atoms with E-state index < -0.39 is 11.7 Å². The molecule has 2 saturated carbocycles. The Labute approximate surface area is 200 Å². The van der Waals surface area contributed by atoms with Gasteiger partial charge >= 0.3 is 12.1 Å². The lowest BCUT2D eigenvalue weighted by atomic mass is 9.63. The van der Waals surface area contributed by atoms with Crippen LogP contribution in [0.2, 0.25) is 0 Å². The van der Waals surface area contributed by atoms with Gasteiger partial charge in [0.15, 0.2) is 0 Å². The van der Waals surface area contributed by atoms with Crippen molar-refractivity contribution in [3.8, 4) is 11.3 Å². The maximum atomic E-state index is 12.5. The fourth-order valence-corrected chi connectivity index (χ4v) is 5.63. The molecular weight excluding hydrogens is 439 g/mol. The van der Waals surface area contributed by atoms with Crippen molar-refractivity contribution in [2.75, 3.05) is 0 Å². The van der Waals surface area contributed by atoms with Crippen LogP contribution in [0.4, 0.5) is 13.2 Å². The van der Waals surface area contributed by atoms with Gasteiger partial charge in [-0.1, -0.05) is 58.2 Å². The standard InChI is InChI=1S/C13H10F3N.C13H20O2.C2H6/c1-2-11-6-7-12(17-11)9-4-3-5-10(8-9)13(14,15)16;1-8-11-6-9-4-2-3-5-10(9)7-12(11)13(14)15-8;1-2/h2-8,17H,1H2;8-12H,2-7H2,1H3;1-2H3. The van der Waals surface area contributed by atoms with Crippen LogP contribution < -0.4 is 0 Å². The van der Waals surface area contributed by atoms with Crippen molar-refractivity contribution in [2.24, 2.45) is 23.7 Å². The smallest absolute Gasteiger partial charge is 0.416 e. The van der Waals surface area contributed by atoms with Crippen LogP contribution in [0.1, 0.15) is 70.6 Å². The number of fused-ring (bicyclic) bond motifs is 2. The van der Waals surface area contributed by atoms with Gasteiger partial charge in [0, 0.05) is 17.3 Å². The molecule has 1 aromatic heterocycles. The molecule has 1 aliphatic heterocycles. The summed E-state index contributed by atoms with van der Waals surface area (Å²) in [5.74, 6) is 2.61. The number of aromatic nitrogens is 1. The number of aromatic amines is 1. The molecule has 0 bridgehead atoms. The molecule has 3 aliphatic rings. The summed E-state index contributed by atoms with van der Waals surface area (Å²) in [6, 6.07) is 8.70. The molecule has 3 nitrogen and oxygen atoms in total. The molecule has 186 valence electrons. The fraction of sp³-hybridized carbons (Fsp3) is 0.536. The van der Waals surface area contributed by atoms with Gasteiger partial charge in [-0.05, 0) is 67.5 Å². The third kappa shape index (κ3) is 5.94. The Morgan fingerprint density at radius 1 is 1.06 bits per heavy atom. The number of esters is 1. The number of cyclic esters (lactones) is 1. The van der Waals surface area contributed by atoms with Gasteiger partial charge in [0.2, 0.25) is 0 Å². The minimum absolute atomic E-state index is 0.0940. The summed E-state index contributed by atoms with van der Waals surface area (Å²) in [5.41, 5.74) is 1.28. The van der Waals surface area contributed by atoms with E-state index in [4.69, 9.17) is 4.74 Å². The van der Waals surface area contributed by atoms with Crippen molar-refractivity contribution in [1.29, 1.82) is 0 Å². The summed E-state index contributed by atoms with van der Waals surface area (Å²) in [7, 11) is 0. The molecule has 2 aromatic rings. The Bertz CT molecular complexity index is 965. The highest BCUT2D eigenvalue weighted by Gasteiger charge is 2.49. The van der Waals surface area contributed by atoms with Crippen molar-refractivity contribution in [3.63, 3.8) is 0 Å². The van der Waals surface area contributed by atoms with E-state index in [0.29, 0.717) is 17.2 Å². The third-order valence-electron chi connectivity index (χ3n) is 7.35. The van der Waals surface area contributed by atoms with Gasteiger partial charge in [-0.3, -0.25) is 4.79 Å². The third-order valence-corrected chi connectivity index (χ3v) is 7.35. The number of alkyl halides is 3. The van der Waals surface area contributed by atoms with Gasteiger partial charge in [-0.2, -0.15) is 13.2 Å². The summed E-state index contributed by atoms with van der Waals surface area (Å²) in [5, 5.41) is 0. The maximum absolute atomic E-state index is 12.5. The van der Waals surface area contributed by atoms with Crippen LogP contribution in [0.15, 0.2) is 43.0 Å². The Balaban J connectivity index is 0.000000179. The molecule has 6 heteroatoms. The van der Waals surface area contributed by atoms with Crippen molar-refractivity contribution >= 4 is 12.0 Å². The molecule has 1 N–H and O–H groups in total. The number of ether oxygens (including phenoxy) is 1. The van der Waals surface area contributed by atoms with Crippen LogP contribution >= 0.6 is 0 Å². The Hall–Kier alpha value is -2.50. The van der Waals surface area contributed by atoms with E-state index in [-0.39, 0.29) is 18.0 Å². The first-order valence-electron chi connectivity index (χ1n) is 12.5. The Morgan fingerprint density at radius 2 is 1.74 bits per heavy atom. The van der Waals surface area contributed by atoms with E-state index in [2.05, 4.69) is 18.5 Å². The lowest BCUT2D eigenvalue weighted by molar-refractivity contribution is -0.144. The van der Waals surface area contributed by atoms with Gasteiger partial charge in [-0.25, -0.2) is 0 Å². The molecular formula is C28H36F3NO2. The van der Waals surface area contributed by atoms with Crippen molar-refractivity contribution in [1.82, 2.24) is 4.98 Å². The maximum Gasteiger partial charge on any atom is 0.416 e. The van der Waals surface area contributed by atoms with E-state index in [0.717, 1.165) is 36.1 Å². The van der Waals surface area contributed by atoms with Crippen LogP contribution in [0.3, 0.4) is 0 Å². The number of halogens is 3. The molecule has 5 unspecified atom stereocenters. The first-order chi connectivity index (χ1) is 16.3. The van der Waals surface area contributed by atoms with Crippen LogP contribution in [-0.4, -0.2) is 17.1 Å². The number of H-pyrrole nitrogens is 1. The molecule has 2 heterocycles. The van der Waals surface area contributed by atoms with E-state index >= 15 is 0 Å². The first kappa shape index (κ1) is 26.1. The summed E-state index contributed by atoms with van der Waals surface area (Å²) >= 11 is 0. The van der Waals surface area contributed by atoms with Crippen LogP contribution in [0.25, 0.3) is 17.3 Å². The summed E-state index contributed by atoms with van der Waals surface area (Å²) in [6.07, 6.45) is 5.39. The van der Waals surface area contributed by atoms with Gasteiger partial charge in [0.05, 0.1) is 11.5 Å². The van der Waals surface area contributed by atoms with Crippen molar-refractivity contribution in [3.05, 3.63) is 54.2 Å². The summed E-state index contributed by atoms with van der Waals surface area (Å²) < 4.78 is 43.0. The van der Waals surface area contributed by atoms with Crippen LogP contribution in [-0.2, 0) is 15.7 Å². The molecule has 1 saturated heterocycles. The lowest BCUT2D eigenvalue weighted by Crippen LogP contribution is -2.35. The van der Waals surface area contributed by atoms with Crippen LogP contribution in [0.5, 0.6) is 0 Å². The quantitative estimate of drug-likeness (QED) is 0.446. The number of carbonyl (C=O) groups is 1. The predicted molar refractivity (Wildman–Crippen MR) is 130 cm³/mol. The Kier molecular flexibility index (Phi) is 8.67. The average molecular weight is 476 g/mol. The van der Waals surface area contributed by atoms with E-state index in [9.17, 15) is 18.0 Å². The van der Waals surface area contributed by atoms with Gasteiger partial charge < -0.3 is 9.72 Å². The largest absolute Gasteiger partial charge is 0.462 e. The second-order valence-corrected chi connectivity index (χ2v) is 9.30. The van der Waals surface area contributed by atoms with Crippen molar-refractivity contribution < 1.29 is 22.7 Å². The number of carbonyl (C=O) groups excluding carboxylic acids is 1. The number of hydrogen-bond acceptors (Lipinski definition) is 2. The normalized spacial score (nSPS) is 27.7. The molecule has 5 atom stereocenters. The summed E-state index contributed by atoms with van der Waals surface area (Å²) in [4.78, 5) is 14.6. The van der Waals surface area contributed by atoms with E-state index in [1.54, 1.807) is 24.3 Å². The molecule has 5 rings (SSSR count). The minimum Gasteiger partial charge on any atom is -0.462 e. The molecule has 34 heavy (non-hydrogen) atoms. The molecule has 0 amide bonds. The van der Waals surface area contributed by atoms with Crippen LogP contribution in [0, 0.1) is 23.7 Å². The molecule has 1 aromatic carbocycles. The van der Waals surface area contributed by atoms with Gasteiger partial charge in [0.25, 0.3) is 0 Å². The topological polar surface area (TPSA) is 42.1 Å². The average Bonchev–Trinajstić information content (AvgIpc) is 3.44. The number of hydrogen-bond donors (Lipinski definition) is 1. The predicted octanol–water partition coefficient (Wildman–Crippen LogP) is 8.13. The highest BCUT2D eigenvalue weighted by atomic mass is 19.4. The monoisotopic (exact) mass is 475 g/mol. The lowest BCUT2D eigenvalue weighted by Gasteiger charge is -2.40. The summed E-state index contributed by atoms with van der Waals surface area (Å²) in [6.45, 7) is 9.66.